The lowest BCUT2D eigenvalue weighted by Crippen LogP contribution is -2.25. The zero-order valence-corrected chi connectivity index (χ0v) is 16.5. The predicted octanol–water partition coefficient (Wildman–Crippen LogP) is 4.98. The van der Waals surface area contributed by atoms with E-state index in [9.17, 15) is 9.59 Å². The summed E-state index contributed by atoms with van der Waals surface area (Å²) < 4.78 is 5.80. The molecule has 1 amide bonds. The maximum atomic E-state index is 13.1. The number of carbonyl (C=O) groups is 2. The number of carboxylic acid groups (broad SMARTS) is 1. The third kappa shape index (κ3) is 3.25. The normalized spacial score (nSPS) is 12.4. The Hall–Kier alpha value is -2.83. The number of rotatable bonds is 3. The molecule has 0 unspecified atom stereocenters. The second-order valence-corrected chi connectivity index (χ2v) is 7.85. The largest absolute Gasteiger partial charge is 0.493 e. The molecule has 4 rings (SSSR count). The summed E-state index contributed by atoms with van der Waals surface area (Å²) in [5.41, 5.74) is 2.61. The second-order valence-electron chi connectivity index (χ2n) is 6.40. The number of nitrogens with zero attached hydrogens (tertiary/aromatic N) is 1. The average molecular weight is 414 g/mol. The Bertz CT molecular complexity index is 1090. The summed E-state index contributed by atoms with van der Waals surface area (Å²) in [6, 6.07) is 14.0. The van der Waals surface area contributed by atoms with Gasteiger partial charge in [0.25, 0.3) is 5.91 Å². The number of thiophene rings is 1. The van der Waals surface area contributed by atoms with Crippen LogP contribution in [0.15, 0.2) is 48.5 Å². The maximum absolute atomic E-state index is 13.1. The molecule has 0 radical (unpaired) electrons. The molecular formula is C21H16ClNO4S. The van der Waals surface area contributed by atoms with Gasteiger partial charge in [-0.1, -0.05) is 23.7 Å². The molecule has 142 valence electrons. The van der Waals surface area contributed by atoms with E-state index in [1.54, 1.807) is 13.1 Å². The van der Waals surface area contributed by atoms with Crippen LogP contribution in [-0.2, 0) is 6.42 Å². The zero-order chi connectivity index (χ0) is 19.8. The summed E-state index contributed by atoms with van der Waals surface area (Å²) in [5, 5.41) is 9.29. The molecule has 0 fully saturated rings. The minimum atomic E-state index is -1.06. The summed E-state index contributed by atoms with van der Waals surface area (Å²) in [7, 11) is 1.63. The van der Waals surface area contributed by atoms with Crippen molar-refractivity contribution >= 4 is 40.5 Å². The molecule has 0 bridgehead atoms. The molecule has 0 atom stereocenters. The van der Waals surface area contributed by atoms with E-state index < -0.39 is 5.97 Å². The highest BCUT2D eigenvalue weighted by Gasteiger charge is 2.24. The number of hydrogen-bond acceptors (Lipinski definition) is 4. The van der Waals surface area contributed by atoms with Crippen molar-refractivity contribution in [1.82, 2.24) is 0 Å². The van der Waals surface area contributed by atoms with Gasteiger partial charge >= 0.3 is 5.97 Å². The first-order valence-corrected chi connectivity index (χ1v) is 9.81. The molecule has 0 aliphatic carbocycles. The van der Waals surface area contributed by atoms with Gasteiger partial charge in [-0.05, 0) is 42.0 Å². The summed E-state index contributed by atoms with van der Waals surface area (Å²) in [4.78, 5) is 27.2. The van der Waals surface area contributed by atoms with E-state index in [0.29, 0.717) is 17.2 Å². The number of para-hydroxylation sites is 1. The SMILES string of the molecule is CN(C(=O)c1cc2c(s1)-c1ccccc1OCC2)c1ccc(C(=O)O)cc1Cl. The Morgan fingerprint density at radius 1 is 1.18 bits per heavy atom. The molecule has 0 saturated heterocycles. The molecular weight excluding hydrogens is 398 g/mol. The highest BCUT2D eigenvalue weighted by atomic mass is 35.5. The quantitative estimate of drug-likeness (QED) is 0.657. The molecule has 1 aromatic heterocycles. The van der Waals surface area contributed by atoms with Crippen molar-refractivity contribution in [2.24, 2.45) is 0 Å². The first-order chi connectivity index (χ1) is 13.5. The molecule has 1 aliphatic rings. The van der Waals surface area contributed by atoms with Crippen molar-refractivity contribution in [3.8, 4) is 16.2 Å². The summed E-state index contributed by atoms with van der Waals surface area (Å²) in [5.74, 6) is -0.436. The van der Waals surface area contributed by atoms with Gasteiger partial charge in [0.15, 0.2) is 0 Å². The topological polar surface area (TPSA) is 66.8 Å². The van der Waals surface area contributed by atoms with Gasteiger partial charge in [0.05, 0.1) is 27.8 Å². The first-order valence-electron chi connectivity index (χ1n) is 8.61. The van der Waals surface area contributed by atoms with Gasteiger partial charge in [-0.3, -0.25) is 4.79 Å². The monoisotopic (exact) mass is 413 g/mol. The molecule has 28 heavy (non-hydrogen) atoms. The molecule has 0 spiro atoms. The van der Waals surface area contributed by atoms with Gasteiger partial charge in [-0.25, -0.2) is 4.79 Å². The zero-order valence-electron chi connectivity index (χ0n) is 14.9. The van der Waals surface area contributed by atoms with Gasteiger partial charge in [-0.15, -0.1) is 11.3 Å². The fraction of sp³-hybridized carbons (Fsp3) is 0.143. The molecule has 7 heteroatoms. The van der Waals surface area contributed by atoms with E-state index in [1.807, 2.05) is 30.3 Å². The first kappa shape index (κ1) is 18.5. The van der Waals surface area contributed by atoms with Crippen molar-refractivity contribution in [2.45, 2.75) is 6.42 Å². The highest BCUT2D eigenvalue weighted by molar-refractivity contribution is 7.17. The van der Waals surface area contributed by atoms with Crippen molar-refractivity contribution < 1.29 is 19.4 Å². The number of amides is 1. The summed E-state index contributed by atoms with van der Waals surface area (Å²) in [6.45, 7) is 0.562. The number of fused-ring (bicyclic) bond motifs is 3. The van der Waals surface area contributed by atoms with E-state index >= 15 is 0 Å². The van der Waals surface area contributed by atoms with Gasteiger partial charge in [0, 0.05) is 23.9 Å². The highest BCUT2D eigenvalue weighted by Crippen LogP contribution is 2.41. The molecule has 0 saturated carbocycles. The number of carbonyl (C=O) groups excluding carboxylic acids is 1. The Morgan fingerprint density at radius 2 is 1.96 bits per heavy atom. The van der Waals surface area contributed by atoms with Crippen LogP contribution in [0.2, 0.25) is 5.02 Å². The average Bonchev–Trinajstić information content (AvgIpc) is 3.03. The fourth-order valence-corrected chi connectivity index (χ4v) is 4.71. The third-order valence-electron chi connectivity index (χ3n) is 4.64. The number of ether oxygens (including phenoxy) is 1. The number of hydrogen-bond donors (Lipinski definition) is 1. The van der Waals surface area contributed by atoms with Crippen LogP contribution in [-0.4, -0.2) is 30.6 Å². The van der Waals surface area contributed by atoms with E-state index in [-0.39, 0.29) is 16.5 Å². The second kappa shape index (κ2) is 7.30. The Kier molecular flexibility index (Phi) is 4.83. The minimum absolute atomic E-state index is 0.0778. The van der Waals surface area contributed by atoms with Crippen molar-refractivity contribution in [1.29, 1.82) is 0 Å². The number of benzene rings is 2. The third-order valence-corrected chi connectivity index (χ3v) is 6.14. The number of halogens is 1. The van der Waals surface area contributed by atoms with Crippen LogP contribution in [0.25, 0.3) is 10.4 Å². The Morgan fingerprint density at radius 3 is 2.71 bits per heavy atom. The van der Waals surface area contributed by atoms with Crippen molar-refractivity contribution in [2.75, 3.05) is 18.6 Å². The maximum Gasteiger partial charge on any atom is 0.335 e. The van der Waals surface area contributed by atoms with Crippen LogP contribution in [0.3, 0.4) is 0 Å². The van der Waals surface area contributed by atoms with Gasteiger partial charge < -0.3 is 14.7 Å². The van der Waals surface area contributed by atoms with Crippen LogP contribution in [0.4, 0.5) is 5.69 Å². The van der Waals surface area contributed by atoms with E-state index in [4.69, 9.17) is 21.4 Å². The molecule has 3 aromatic rings. The standard InChI is InChI=1S/C21H16ClNO4S/c1-23(16-7-6-13(21(25)26)10-15(16)22)20(24)18-11-12-8-9-27-17-5-3-2-4-14(17)19(12)28-18/h2-7,10-11H,8-9H2,1H3,(H,25,26). The van der Waals surface area contributed by atoms with E-state index in [2.05, 4.69) is 0 Å². The van der Waals surface area contributed by atoms with Crippen LogP contribution >= 0.6 is 22.9 Å². The van der Waals surface area contributed by atoms with Crippen molar-refractivity contribution in [3.63, 3.8) is 0 Å². The van der Waals surface area contributed by atoms with Gasteiger partial charge in [0.2, 0.25) is 0 Å². The summed E-state index contributed by atoms with van der Waals surface area (Å²) in [6.07, 6.45) is 0.728. The van der Waals surface area contributed by atoms with E-state index in [0.717, 1.165) is 28.2 Å². The molecule has 2 aromatic carbocycles. The number of carboxylic acids is 1. The molecule has 1 N–H and O–H groups in total. The number of aromatic carboxylic acids is 1. The van der Waals surface area contributed by atoms with Crippen LogP contribution in [0.1, 0.15) is 25.6 Å². The molecule has 1 aliphatic heterocycles. The Labute approximate surface area is 170 Å². The van der Waals surface area contributed by atoms with Crippen molar-refractivity contribution in [3.05, 3.63) is 69.6 Å². The van der Waals surface area contributed by atoms with Gasteiger partial charge in [-0.2, -0.15) is 0 Å². The summed E-state index contributed by atoms with van der Waals surface area (Å²) >= 11 is 7.65. The van der Waals surface area contributed by atoms with Crippen LogP contribution in [0.5, 0.6) is 5.75 Å². The minimum Gasteiger partial charge on any atom is -0.493 e. The lowest BCUT2D eigenvalue weighted by atomic mass is 10.1. The predicted molar refractivity (Wildman–Crippen MR) is 110 cm³/mol. The van der Waals surface area contributed by atoms with Crippen LogP contribution in [0, 0.1) is 0 Å². The lowest BCUT2D eigenvalue weighted by molar-refractivity contribution is 0.0696. The molecule has 2 heterocycles. The van der Waals surface area contributed by atoms with E-state index in [1.165, 1.54) is 28.4 Å². The van der Waals surface area contributed by atoms with Gasteiger partial charge in [0.1, 0.15) is 5.75 Å². The van der Waals surface area contributed by atoms with Crippen LogP contribution < -0.4 is 9.64 Å². The molecule has 5 nitrogen and oxygen atoms in total. The Balaban J connectivity index is 1.68. The lowest BCUT2D eigenvalue weighted by Gasteiger charge is -2.18. The number of anilines is 1. The fourth-order valence-electron chi connectivity index (χ4n) is 3.19. The smallest absolute Gasteiger partial charge is 0.335 e.